The number of halogens is 2. The molecule has 0 saturated carbocycles. The summed E-state index contributed by atoms with van der Waals surface area (Å²) in [5.41, 5.74) is -1.18. The Morgan fingerprint density at radius 2 is 1.88 bits per heavy atom. The Balaban J connectivity index is 1.54. The van der Waals surface area contributed by atoms with Gasteiger partial charge in [0, 0.05) is 18.8 Å². The molecule has 10 heteroatoms. The molecule has 2 aromatic heterocycles. The predicted molar refractivity (Wildman–Crippen MR) is 122 cm³/mol. The third-order valence-electron chi connectivity index (χ3n) is 5.64. The van der Waals surface area contributed by atoms with Crippen molar-refractivity contribution in [3.8, 4) is 5.69 Å². The van der Waals surface area contributed by atoms with Crippen LogP contribution in [-0.2, 0) is 11.3 Å². The van der Waals surface area contributed by atoms with Crippen molar-refractivity contribution in [2.24, 2.45) is 0 Å². The van der Waals surface area contributed by atoms with E-state index in [0.29, 0.717) is 42.7 Å². The Kier molecular flexibility index (Phi) is 5.96. The number of piperidine rings is 1. The quantitative estimate of drug-likeness (QED) is 0.622. The van der Waals surface area contributed by atoms with Crippen molar-refractivity contribution >= 4 is 28.7 Å². The lowest BCUT2D eigenvalue weighted by molar-refractivity contribution is -0.0419. The van der Waals surface area contributed by atoms with Crippen LogP contribution in [0, 0.1) is 5.82 Å². The Morgan fingerprint density at radius 3 is 2.48 bits per heavy atom. The summed E-state index contributed by atoms with van der Waals surface area (Å²) < 4.78 is 21.6. The Bertz CT molecular complexity index is 1240. The van der Waals surface area contributed by atoms with E-state index in [2.05, 4.69) is 4.98 Å². The van der Waals surface area contributed by atoms with Gasteiger partial charge in [-0.15, -0.1) is 0 Å². The summed E-state index contributed by atoms with van der Waals surface area (Å²) >= 11 is 6.36. The number of carbonyl (C=O) groups is 1. The molecule has 1 fully saturated rings. The molecule has 176 valence electrons. The minimum absolute atomic E-state index is 0.0380. The highest BCUT2D eigenvalue weighted by atomic mass is 35.5. The molecule has 0 radical (unpaired) electrons. The fourth-order valence-corrected chi connectivity index (χ4v) is 4.23. The van der Waals surface area contributed by atoms with Crippen molar-refractivity contribution in [1.82, 2.24) is 19.0 Å². The van der Waals surface area contributed by atoms with Gasteiger partial charge in [-0.2, -0.15) is 0 Å². The smallest absolute Gasteiger partial charge is 0.410 e. The minimum atomic E-state index is -1.17. The first-order valence-corrected chi connectivity index (χ1v) is 11.1. The van der Waals surface area contributed by atoms with Gasteiger partial charge in [-0.1, -0.05) is 11.6 Å². The van der Waals surface area contributed by atoms with E-state index < -0.39 is 17.3 Å². The van der Waals surface area contributed by atoms with Crippen LogP contribution in [0.4, 0.5) is 9.18 Å². The first-order valence-electron chi connectivity index (χ1n) is 10.7. The van der Waals surface area contributed by atoms with Crippen LogP contribution in [0.1, 0.15) is 33.6 Å². The van der Waals surface area contributed by atoms with E-state index in [1.165, 1.54) is 29.1 Å². The van der Waals surface area contributed by atoms with Crippen LogP contribution in [0.15, 0.2) is 41.5 Å². The molecular weight excluding hydrogens is 451 g/mol. The van der Waals surface area contributed by atoms with Gasteiger partial charge in [-0.05, 0) is 63.9 Å². The average molecular weight is 477 g/mol. The molecule has 0 atom stereocenters. The number of rotatable bonds is 3. The van der Waals surface area contributed by atoms with Crippen molar-refractivity contribution in [3.05, 3.63) is 58.0 Å². The number of hydrogen-bond donors (Lipinski definition) is 1. The standard InChI is InChI=1S/C23H26ClFN4O4/c1-22(2,3)33-21(31)27-10-8-23(32,9-11-27)13-28-14-26-19-17(20(28)30)12-18(24)29(19)16-6-4-15(25)5-7-16/h4-7,12,14,32H,8-11,13H2,1-3H3. The Labute approximate surface area is 195 Å². The molecule has 0 aliphatic carbocycles. The van der Waals surface area contributed by atoms with Gasteiger partial charge < -0.3 is 14.7 Å². The van der Waals surface area contributed by atoms with Gasteiger partial charge in [-0.25, -0.2) is 14.2 Å². The molecule has 1 N–H and O–H groups in total. The van der Waals surface area contributed by atoms with E-state index in [-0.39, 0.29) is 23.1 Å². The monoisotopic (exact) mass is 476 g/mol. The molecule has 33 heavy (non-hydrogen) atoms. The van der Waals surface area contributed by atoms with Crippen LogP contribution in [0.25, 0.3) is 16.7 Å². The van der Waals surface area contributed by atoms with Gasteiger partial charge in [0.05, 0.1) is 17.5 Å². The number of ether oxygens (including phenoxy) is 1. The molecule has 8 nitrogen and oxygen atoms in total. The molecule has 1 aliphatic rings. The van der Waals surface area contributed by atoms with Gasteiger partial charge in [0.25, 0.3) is 5.56 Å². The molecule has 0 unspecified atom stereocenters. The van der Waals surface area contributed by atoms with Crippen LogP contribution >= 0.6 is 11.6 Å². The number of aromatic nitrogens is 3. The second-order valence-corrected chi connectivity index (χ2v) is 9.77. The highest BCUT2D eigenvalue weighted by Crippen LogP contribution is 2.27. The van der Waals surface area contributed by atoms with E-state index in [9.17, 15) is 19.1 Å². The van der Waals surface area contributed by atoms with Gasteiger partial charge in [0.15, 0.2) is 5.65 Å². The molecule has 3 heterocycles. The zero-order chi connectivity index (χ0) is 24.0. The molecule has 1 saturated heterocycles. The number of nitrogens with zero attached hydrogens (tertiary/aromatic N) is 4. The van der Waals surface area contributed by atoms with Crippen LogP contribution in [-0.4, -0.2) is 54.5 Å². The molecule has 4 rings (SSSR count). The average Bonchev–Trinajstić information content (AvgIpc) is 3.07. The second kappa shape index (κ2) is 8.46. The maximum atomic E-state index is 13.3. The van der Waals surface area contributed by atoms with E-state index in [1.54, 1.807) is 42.4 Å². The molecule has 1 aliphatic heterocycles. The summed E-state index contributed by atoms with van der Waals surface area (Å²) in [4.78, 5) is 31.4. The van der Waals surface area contributed by atoms with Crippen LogP contribution in [0.3, 0.4) is 0 Å². The maximum absolute atomic E-state index is 13.3. The lowest BCUT2D eigenvalue weighted by atomic mass is 9.91. The zero-order valence-corrected chi connectivity index (χ0v) is 19.5. The first kappa shape index (κ1) is 23.3. The normalized spacial score (nSPS) is 16.2. The minimum Gasteiger partial charge on any atom is -0.444 e. The highest BCUT2D eigenvalue weighted by molar-refractivity contribution is 6.31. The summed E-state index contributed by atoms with van der Waals surface area (Å²) in [6.07, 6.45) is 1.56. The van der Waals surface area contributed by atoms with Crippen molar-refractivity contribution in [1.29, 1.82) is 0 Å². The SMILES string of the molecule is CC(C)(C)OC(=O)N1CCC(O)(Cn2cnc3c(cc(Cl)n3-c3ccc(F)cc3)c2=O)CC1. The number of amides is 1. The largest absolute Gasteiger partial charge is 0.444 e. The molecule has 1 aromatic carbocycles. The summed E-state index contributed by atoms with van der Waals surface area (Å²) in [5, 5.41) is 11.6. The van der Waals surface area contributed by atoms with E-state index in [0.717, 1.165) is 0 Å². The Morgan fingerprint density at radius 1 is 1.24 bits per heavy atom. The number of aliphatic hydroxyl groups is 1. The van der Waals surface area contributed by atoms with Crippen molar-refractivity contribution in [2.75, 3.05) is 13.1 Å². The summed E-state index contributed by atoms with van der Waals surface area (Å²) in [5.74, 6) is -0.382. The van der Waals surface area contributed by atoms with Gasteiger partial charge >= 0.3 is 6.09 Å². The summed E-state index contributed by atoms with van der Waals surface area (Å²) in [6.45, 7) is 6.09. The number of carbonyl (C=O) groups excluding carboxylic acids is 1. The van der Waals surface area contributed by atoms with Gasteiger partial charge in [0.2, 0.25) is 0 Å². The van der Waals surface area contributed by atoms with Crippen molar-refractivity contribution in [3.63, 3.8) is 0 Å². The number of hydrogen-bond acceptors (Lipinski definition) is 5. The Hall–Kier alpha value is -2.91. The number of likely N-dealkylation sites (tertiary alicyclic amines) is 1. The van der Waals surface area contributed by atoms with Crippen LogP contribution in [0.2, 0.25) is 5.15 Å². The fourth-order valence-electron chi connectivity index (χ4n) is 3.94. The van der Waals surface area contributed by atoms with E-state index in [1.807, 2.05) is 0 Å². The molecular formula is C23H26ClFN4O4. The van der Waals surface area contributed by atoms with Gasteiger partial charge in [-0.3, -0.25) is 13.9 Å². The van der Waals surface area contributed by atoms with E-state index in [4.69, 9.17) is 16.3 Å². The van der Waals surface area contributed by atoms with Crippen molar-refractivity contribution < 1.29 is 19.0 Å². The number of fused-ring (bicyclic) bond motifs is 1. The fraction of sp³-hybridized carbons (Fsp3) is 0.435. The zero-order valence-electron chi connectivity index (χ0n) is 18.7. The third-order valence-corrected chi connectivity index (χ3v) is 5.91. The van der Waals surface area contributed by atoms with E-state index >= 15 is 0 Å². The molecule has 0 bridgehead atoms. The third kappa shape index (κ3) is 4.89. The first-order chi connectivity index (χ1) is 15.5. The summed E-state index contributed by atoms with van der Waals surface area (Å²) in [6, 6.07) is 7.22. The van der Waals surface area contributed by atoms with Crippen LogP contribution < -0.4 is 5.56 Å². The molecule has 1 amide bonds. The predicted octanol–water partition coefficient (Wildman–Crippen LogP) is 3.74. The maximum Gasteiger partial charge on any atom is 0.410 e. The topological polar surface area (TPSA) is 89.6 Å². The van der Waals surface area contributed by atoms with Gasteiger partial charge in [0.1, 0.15) is 22.9 Å². The lowest BCUT2D eigenvalue weighted by Gasteiger charge is -2.38. The number of benzene rings is 1. The molecule has 3 aromatic rings. The summed E-state index contributed by atoms with van der Waals surface area (Å²) in [7, 11) is 0. The highest BCUT2D eigenvalue weighted by Gasteiger charge is 2.36. The second-order valence-electron chi connectivity index (χ2n) is 9.39. The lowest BCUT2D eigenvalue weighted by Crippen LogP contribution is -2.50. The van der Waals surface area contributed by atoms with Crippen molar-refractivity contribution in [2.45, 2.75) is 51.4 Å². The molecule has 0 spiro atoms. The van der Waals surface area contributed by atoms with Crippen LogP contribution in [0.5, 0.6) is 0 Å².